The highest BCUT2D eigenvalue weighted by Crippen LogP contribution is 2.35. The van der Waals surface area contributed by atoms with Crippen LogP contribution in [0.4, 0.5) is 30.6 Å². The maximum absolute atomic E-state index is 13.1. The average Bonchev–Trinajstić information content (AvgIpc) is 3.31. The van der Waals surface area contributed by atoms with E-state index in [0.29, 0.717) is 5.69 Å². The highest BCUT2D eigenvalue weighted by Gasteiger charge is 2.35. The van der Waals surface area contributed by atoms with Crippen molar-refractivity contribution in [2.45, 2.75) is 32.1 Å². The van der Waals surface area contributed by atoms with Gasteiger partial charge in [-0.3, -0.25) is 4.68 Å². The molecule has 0 fully saturated rings. The number of rotatable bonds is 5. The van der Waals surface area contributed by atoms with E-state index in [1.807, 2.05) is 10.8 Å². The van der Waals surface area contributed by atoms with E-state index >= 15 is 0 Å². The fourth-order valence-corrected chi connectivity index (χ4v) is 3.32. The lowest BCUT2D eigenvalue weighted by molar-refractivity contribution is -0.137. The number of alkyl halides is 3. The molecule has 1 unspecified atom stereocenters. The lowest BCUT2D eigenvalue weighted by Gasteiger charge is -2.13. The summed E-state index contributed by atoms with van der Waals surface area (Å²) in [6.45, 7) is 2.79. The molecule has 12 heteroatoms. The van der Waals surface area contributed by atoms with Crippen LogP contribution in [-0.2, 0) is 12.7 Å². The number of imidazole rings is 1. The number of aryl methyl sites for hydroxylation is 1. The molecule has 148 valence electrons. The third-order valence-electron chi connectivity index (χ3n) is 4.38. The predicted molar refractivity (Wildman–Crippen MR) is 96.7 cm³/mol. The maximum atomic E-state index is 13.1. The molecule has 3 aromatic rings. The molecule has 0 aliphatic carbocycles. The summed E-state index contributed by atoms with van der Waals surface area (Å²) < 4.78 is 43.0. The summed E-state index contributed by atoms with van der Waals surface area (Å²) in [5.74, 6) is 0.568. The monoisotopic (exact) mass is 412 g/mol. The van der Waals surface area contributed by atoms with E-state index in [2.05, 4.69) is 30.7 Å². The molecule has 0 amide bonds. The SMILES string of the molecule is CCNc1nc(Nc2cn(C3CCn4ccnc43)nc2Cl)ncc1C(F)(F)F. The van der Waals surface area contributed by atoms with E-state index in [9.17, 15) is 13.2 Å². The van der Waals surface area contributed by atoms with Crippen molar-refractivity contribution in [2.75, 3.05) is 17.2 Å². The molecule has 8 nitrogen and oxygen atoms in total. The molecule has 3 aromatic heterocycles. The number of hydrogen-bond acceptors (Lipinski definition) is 6. The smallest absolute Gasteiger partial charge is 0.370 e. The first-order valence-electron chi connectivity index (χ1n) is 8.57. The van der Waals surface area contributed by atoms with Crippen LogP contribution in [0.1, 0.15) is 30.8 Å². The lowest BCUT2D eigenvalue weighted by Crippen LogP contribution is -2.14. The number of halogens is 4. The van der Waals surface area contributed by atoms with Crippen molar-refractivity contribution < 1.29 is 13.2 Å². The second kappa shape index (κ2) is 6.97. The van der Waals surface area contributed by atoms with Gasteiger partial charge in [0.2, 0.25) is 5.95 Å². The van der Waals surface area contributed by atoms with Crippen molar-refractivity contribution in [1.82, 2.24) is 29.3 Å². The molecule has 0 saturated carbocycles. The first-order chi connectivity index (χ1) is 13.4. The third-order valence-corrected chi connectivity index (χ3v) is 4.66. The van der Waals surface area contributed by atoms with E-state index in [-0.39, 0.29) is 29.5 Å². The van der Waals surface area contributed by atoms with E-state index < -0.39 is 11.7 Å². The van der Waals surface area contributed by atoms with Crippen molar-refractivity contribution in [3.63, 3.8) is 0 Å². The highest BCUT2D eigenvalue weighted by atomic mass is 35.5. The quantitative estimate of drug-likeness (QED) is 0.664. The summed E-state index contributed by atoms with van der Waals surface area (Å²) in [4.78, 5) is 12.0. The van der Waals surface area contributed by atoms with Gasteiger partial charge in [0.25, 0.3) is 0 Å². The van der Waals surface area contributed by atoms with E-state index in [1.54, 1.807) is 24.0 Å². The van der Waals surface area contributed by atoms with Gasteiger partial charge in [-0.2, -0.15) is 23.3 Å². The lowest BCUT2D eigenvalue weighted by atomic mass is 10.2. The molecule has 0 spiro atoms. The second-order valence-electron chi connectivity index (χ2n) is 6.21. The Balaban J connectivity index is 1.60. The Hall–Kier alpha value is -2.82. The third kappa shape index (κ3) is 3.37. The molecule has 0 radical (unpaired) electrons. The van der Waals surface area contributed by atoms with Crippen LogP contribution in [-0.4, -0.2) is 35.8 Å². The van der Waals surface area contributed by atoms with Crippen LogP contribution in [0.5, 0.6) is 0 Å². The van der Waals surface area contributed by atoms with Gasteiger partial charge in [0, 0.05) is 31.7 Å². The maximum Gasteiger partial charge on any atom is 0.421 e. The zero-order valence-corrected chi connectivity index (χ0v) is 15.5. The molecule has 4 rings (SSSR count). The molecule has 1 atom stereocenters. The highest BCUT2D eigenvalue weighted by molar-refractivity contribution is 6.32. The minimum Gasteiger partial charge on any atom is -0.370 e. The van der Waals surface area contributed by atoms with Gasteiger partial charge in [0.05, 0.1) is 11.9 Å². The molecule has 4 heterocycles. The van der Waals surface area contributed by atoms with E-state index in [1.165, 1.54) is 0 Å². The topological polar surface area (TPSA) is 85.5 Å². The molecule has 1 aliphatic heterocycles. The van der Waals surface area contributed by atoms with Gasteiger partial charge in [0.15, 0.2) is 5.15 Å². The molecule has 0 aromatic carbocycles. The Morgan fingerprint density at radius 2 is 2.14 bits per heavy atom. The van der Waals surface area contributed by atoms with Crippen LogP contribution in [0.15, 0.2) is 24.8 Å². The van der Waals surface area contributed by atoms with Crippen molar-refractivity contribution >= 4 is 29.1 Å². The number of hydrogen-bond donors (Lipinski definition) is 2. The zero-order chi connectivity index (χ0) is 19.9. The standard InChI is InChI=1S/C16H16ClF3N8/c1-2-21-13-9(16(18,19)20)7-23-15(25-13)24-10-8-28(26-12(10)17)11-3-5-27-6-4-22-14(11)27/h4,6-8,11H,2-3,5H2,1H3,(H2,21,23,24,25). The van der Waals surface area contributed by atoms with Gasteiger partial charge in [-0.25, -0.2) is 9.97 Å². The Bertz CT molecular complexity index is 996. The van der Waals surface area contributed by atoms with Gasteiger partial charge >= 0.3 is 6.18 Å². The minimum absolute atomic E-state index is 0.0154. The summed E-state index contributed by atoms with van der Waals surface area (Å²) in [5.41, 5.74) is -0.534. The number of nitrogens with one attached hydrogen (secondary N) is 2. The van der Waals surface area contributed by atoms with Crippen molar-refractivity contribution in [3.8, 4) is 0 Å². The molecule has 0 saturated heterocycles. The van der Waals surface area contributed by atoms with Crippen LogP contribution in [0, 0.1) is 0 Å². The summed E-state index contributed by atoms with van der Waals surface area (Å²) in [6.07, 6.45) is 2.30. The summed E-state index contributed by atoms with van der Waals surface area (Å²) in [7, 11) is 0. The van der Waals surface area contributed by atoms with Crippen LogP contribution in [0.2, 0.25) is 5.15 Å². The van der Waals surface area contributed by atoms with Gasteiger partial charge in [-0.1, -0.05) is 11.6 Å². The fourth-order valence-electron chi connectivity index (χ4n) is 3.13. The van der Waals surface area contributed by atoms with E-state index in [4.69, 9.17) is 11.6 Å². The normalized spacial score (nSPS) is 16.2. The minimum atomic E-state index is -4.55. The predicted octanol–water partition coefficient (Wildman–Crippen LogP) is 3.71. The molecule has 1 aliphatic rings. The molecule has 28 heavy (non-hydrogen) atoms. The Labute approximate surface area is 162 Å². The second-order valence-corrected chi connectivity index (χ2v) is 6.56. The Kier molecular flexibility index (Phi) is 4.61. The molecule has 0 bridgehead atoms. The van der Waals surface area contributed by atoms with Gasteiger partial charge < -0.3 is 15.2 Å². The average molecular weight is 413 g/mol. The van der Waals surface area contributed by atoms with Gasteiger partial charge in [-0.15, -0.1) is 0 Å². The Morgan fingerprint density at radius 3 is 2.89 bits per heavy atom. The summed E-state index contributed by atoms with van der Waals surface area (Å²) in [6, 6.07) is -0.0612. The van der Waals surface area contributed by atoms with Crippen LogP contribution in [0.3, 0.4) is 0 Å². The molecule has 2 N–H and O–H groups in total. The fraction of sp³-hybridized carbons (Fsp3) is 0.375. The number of aromatic nitrogens is 6. The number of anilines is 3. The largest absolute Gasteiger partial charge is 0.421 e. The first kappa shape index (κ1) is 18.5. The first-order valence-corrected chi connectivity index (χ1v) is 8.95. The van der Waals surface area contributed by atoms with Crippen LogP contribution in [0.25, 0.3) is 0 Å². The van der Waals surface area contributed by atoms with Crippen molar-refractivity contribution in [2.24, 2.45) is 0 Å². The van der Waals surface area contributed by atoms with Crippen molar-refractivity contribution in [3.05, 3.63) is 41.3 Å². The number of nitrogens with zero attached hydrogens (tertiary/aromatic N) is 6. The van der Waals surface area contributed by atoms with E-state index in [0.717, 1.165) is 25.0 Å². The zero-order valence-electron chi connectivity index (χ0n) is 14.7. The van der Waals surface area contributed by atoms with Gasteiger partial charge in [-0.05, 0) is 13.3 Å². The molecular weight excluding hydrogens is 397 g/mol. The summed E-state index contributed by atoms with van der Waals surface area (Å²) >= 11 is 6.21. The van der Waals surface area contributed by atoms with Crippen LogP contribution < -0.4 is 10.6 Å². The van der Waals surface area contributed by atoms with Gasteiger partial charge in [0.1, 0.15) is 23.2 Å². The van der Waals surface area contributed by atoms with Crippen LogP contribution >= 0.6 is 11.6 Å². The summed E-state index contributed by atoms with van der Waals surface area (Å²) in [5, 5.41) is 9.91. The number of fused-ring (bicyclic) bond motifs is 1. The Morgan fingerprint density at radius 1 is 1.32 bits per heavy atom. The molecular formula is C16H16ClF3N8. The van der Waals surface area contributed by atoms with Crippen molar-refractivity contribution in [1.29, 1.82) is 0 Å².